The summed E-state index contributed by atoms with van der Waals surface area (Å²) in [7, 11) is 0. The van der Waals surface area contributed by atoms with E-state index in [-0.39, 0.29) is 11.8 Å². The van der Waals surface area contributed by atoms with Crippen LogP contribution in [0.5, 0.6) is 0 Å². The average Bonchev–Trinajstić information content (AvgIpc) is 3.10. The number of aryl methyl sites for hydroxylation is 2. The number of nitrogens with zero attached hydrogens (tertiary/aromatic N) is 6. The minimum absolute atomic E-state index is 0.0594. The summed E-state index contributed by atoms with van der Waals surface area (Å²) in [6.45, 7) is 11.3. The normalized spacial score (nSPS) is 17.8. The number of aromatic nitrogens is 4. The summed E-state index contributed by atoms with van der Waals surface area (Å²) in [5.41, 5.74) is 4.33. The Balaban J connectivity index is 1.27. The van der Waals surface area contributed by atoms with Crippen molar-refractivity contribution in [2.45, 2.75) is 46.7 Å². The van der Waals surface area contributed by atoms with Gasteiger partial charge in [0.05, 0.1) is 23.8 Å². The largest absolute Gasteiger partial charge is 0.369 e. The molecule has 0 atom stereocenters. The van der Waals surface area contributed by atoms with Crippen molar-refractivity contribution in [3.8, 4) is 0 Å². The topological polar surface area (TPSA) is 79.2 Å². The van der Waals surface area contributed by atoms with E-state index in [1.807, 2.05) is 35.8 Å². The van der Waals surface area contributed by atoms with Gasteiger partial charge in [0.25, 0.3) is 0 Å². The maximum Gasteiger partial charge on any atom is 0.225 e. The summed E-state index contributed by atoms with van der Waals surface area (Å²) in [6.07, 6.45) is 5.56. The second-order valence-corrected chi connectivity index (χ2v) is 9.51. The van der Waals surface area contributed by atoms with Gasteiger partial charge in [0.15, 0.2) is 0 Å². The van der Waals surface area contributed by atoms with Crippen molar-refractivity contribution in [2.24, 2.45) is 5.92 Å². The molecule has 0 unspecified atom stereocenters. The molecule has 0 aliphatic carbocycles. The number of carbonyl (C=O) groups excluding carboxylic acids is 1. The van der Waals surface area contributed by atoms with Crippen LogP contribution in [0.15, 0.2) is 12.4 Å². The third-order valence-electron chi connectivity index (χ3n) is 6.42. The van der Waals surface area contributed by atoms with Crippen molar-refractivity contribution >= 4 is 29.3 Å². The first-order valence-electron chi connectivity index (χ1n) is 11.3. The lowest BCUT2D eigenvalue weighted by Gasteiger charge is -2.33. The lowest BCUT2D eigenvalue weighted by atomic mass is 9.95. The molecule has 4 rings (SSSR count). The molecular formula is C22H33N7OS. The SMILES string of the molecule is CCn1nc(C)c(CNC(=O)C2CCN(c3cnc(N4CCSCC4)nc3)CC2)c1C. The van der Waals surface area contributed by atoms with Crippen LogP contribution < -0.4 is 15.1 Å². The number of rotatable bonds is 6. The molecule has 2 fully saturated rings. The highest BCUT2D eigenvalue weighted by Crippen LogP contribution is 2.24. The number of nitrogens with one attached hydrogen (secondary N) is 1. The van der Waals surface area contributed by atoms with Crippen molar-refractivity contribution in [1.82, 2.24) is 25.1 Å². The molecule has 2 aromatic heterocycles. The van der Waals surface area contributed by atoms with Crippen LogP contribution in [0, 0.1) is 19.8 Å². The van der Waals surface area contributed by atoms with Crippen molar-refractivity contribution in [3.63, 3.8) is 0 Å². The van der Waals surface area contributed by atoms with Crippen LogP contribution in [0.25, 0.3) is 0 Å². The van der Waals surface area contributed by atoms with Gasteiger partial charge in [-0.15, -0.1) is 0 Å². The van der Waals surface area contributed by atoms with Gasteiger partial charge in [0, 0.05) is 67.9 Å². The third-order valence-corrected chi connectivity index (χ3v) is 7.36. The zero-order chi connectivity index (χ0) is 21.8. The third kappa shape index (κ3) is 4.97. The van der Waals surface area contributed by atoms with Crippen LogP contribution in [0.2, 0.25) is 0 Å². The lowest BCUT2D eigenvalue weighted by molar-refractivity contribution is -0.125. The number of amides is 1. The van der Waals surface area contributed by atoms with Gasteiger partial charge in [-0.1, -0.05) is 0 Å². The molecule has 1 N–H and O–H groups in total. The fourth-order valence-corrected chi connectivity index (χ4v) is 5.32. The maximum atomic E-state index is 12.7. The Morgan fingerprint density at radius 2 is 1.77 bits per heavy atom. The minimum atomic E-state index is 0.0594. The highest BCUT2D eigenvalue weighted by Gasteiger charge is 2.26. The molecule has 2 aromatic rings. The van der Waals surface area contributed by atoms with E-state index in [2.05, 4.69) is 44.0 Å². The predicted octanol–water partition coefficient (Wildman–Crippen LogP) is 2.40. The molecule has 2 aliphatic heterocycles. The van der Waals surface area contributed by atoms with Gasteiger partial charge in [-0.25, -0.2) is 9.97 Å². The van der Waals surface area contributed by atoms with Crippen LogP contribution in [0.3, 0.4) is 0 Å². The number of hydrogen-bond donors (Lipinski definition) is 1. The zero-order valence-corrected chi connectivity index (χ0v) is 19.6. The highest BCUT2D eigenvalue weighted by atomic mass is 32.2. The Labute approximate surface area is 188 Å². The van der Waals surface area contributed by atoms with Gasteiger partial charge in [0.2, 0.25) is 11.9 Å². The molecule has 9 heteroatoms. The van der Waals surface area contributed by atoms with Crippen molar-refractivity contribution < 1.29 is 4.79 Å². The Kier molecular flexibility index (Phi) is 6.99. The second-order valence-electron chi connectivity index (χ2n) is 8.28. The quantitative estimate of drug-likeness (QED) is 0.734. The van der Waals surface area contributed by atoms with Crippen molar-refractivity contribution in [3.05, 3.63) is 29.3 Å². The summed E-state index contributed by atoms with van der Waals surface area (Å²) in [4.78, 5) is 26.5. The summed E-state index contributed by atoms with van der Waals surface area (Å²) >= 11 is 1.98. The van der Waals surface area contributed by atoms with Gasteiger partial charge in [-0.2, -0.15) is 16.9 Å². The van der Waals surface area contributed by atoms with E-state index in [0.29, 0.717) is 6.54 Å². The maximum absolute atomic E-state index is 12.7. The Bertz CT molecular complexity index is 884. The summed E-state index contributed by atoms with van der Waals surface area (Å²) in [6, 6.07) is 0. The molecule has 0 saturated carbocycles. The smallest absolute Gasteiger partial charge is 0.225 e. The van der Waals surface area contributed by atoms with Crippen LogP contribution in [0.4, 0.5) is 11.6 Å². The van der Waals surface area contributed by atoms with Gasteiger partial charge >= 0.3 is 0 Å². The molecule has 31 heavy (non-hydrogen) atoms. The Morgan fingerprint density at radius 1 is 1.10 bits per heavy atom. The van der Waals surface area contributed by atoms with Gasteiger partial charge in [-0.05, 0) is 33.6 Å². The van der Waals surface area contributed by atoms with E-state index >= 15 is 0 Å². The van der Waals surface area contributed by atoms with Gasteiger partial charge in [0.1, 0.15) is 0 Å². The number of anilines is 2. The first kappa shape index (κ1) is 21.9. The van der Waals surface area contributed by atoms with Gasteiger partial charge in [-0.3, -0.25) is 9.48 Å². The minimum Gasteiger partial charge on any atom is -0.369 e. The van der Waals surface area contributed by atoms with Crippen LogP contribution in [-0.2, 0) is 17.9 Å². The molecule has 2 saturated heterocycles. The van der Waals surface area contributed by atoms with E-state index < -0.39 is 0 Å². The van der Waals surface area contributed by atoms with Crippen LogP contribution in [0.1, 0.15) is 36.7 Å². The number of hydrogen-bond acceptors (Lipinski definition) is 7. The molecular weight excluding hydrogens is 410 g/mol. The zero-order valence-electron chi connectivity index (χ0n) is 18.8. The lowest BCUT2D eigenvalue weighted by Crippen LogP contribution is -2.40. The fourth-order valence-electron chi connectivity index (χ4n) is 4.42. The molecule has 168 valence electrons. The molecule has 0 aromatic carbocycles. The summed E-state index contributed by atoms with van der Waals surface area (Å²) in [5, 5.41) is 7.68. The van der Waals surface area contributed by atoms with E-state index in [4.69, 9.17) is 0 Å². The van der Waals surface area contributed by atoms with E-state index in [1.165, 1.54) is 0 Å². The first-order valence-corrected chi connectivity index (χ1v) is 12.4. The fraction of sp³-hybridized carbons (Fsp3) is 0.636. The molecule has 4 heterocycles. The molecule has 2 aliphatic rings. The Hall–Kier alpha value is -2.29. The summed E-state index contributed by atoms with van der Waals surface area (Å²) < 4.78 is 1.99. The van der Waals surface area contributed by atoms with E-state index in [0.717, 1.165) is 85.7 Å². The predicted molar refractivity (Wildman–Crippen MR) is 126 cm³/mol. The first-order chi connectivity index (χ1) is 15.1. The van der Waals surface area contributed by atoms with E-state index in [9.17, 15) is 4.79 Å². The standard InChI is InChI=1S/C22H33N7OS/c1-4-29-17(3)20(16(2)26-29)15-23-21(30)18-5-7-27(8-6-18)19-13-24-22(25-14-19)28-9-11-31-12-10-28/h13-14,18H,4-12,15H2,1-3H3,(H,23,30). The molecule has 0 spiro atoms. The number of thioether (sulfide) groups is 1. The van der Waals surface area contributed by atoms with Crippen molar-refractivity contribution in [1.29, 1.82) is 0 Å². The van der Waals surface area contributed by atoms with Gasteiger partial charge < -0.3 is 15.1 Å². The highest BCUT2D eigenvalue weighted by molar-refractivity contribution is 7.99. The molecule has 8 nitrogen and oxygen atoms in total. The van der Waals surface area contributed by atoms with E-state index in [1.54, 1.807) is 0 Å². The molecule has 1 amide bonds. The van der Waals surface area contributed by atoms with Crippen molar-refractivity contribution in [2.75, 3.05) is 47.5 Å². The summed E-state index contributed by atoms with van der Waals surface area (Å²) in [5.74, 6) is 3.32. The molecule has 0 bridgehead atoms. The van der Waals surface area contributed by atoms with Crippen LogP contribution in [-0.4, -0.2) is 63.3 Å². The Morgan fingerprint density at radius 3 is 2.39 bits per heavy atom. The number of carbonyl (C=O) groups is 1. The monoisotopic (exact) mass is 443 g/mol. The second kappa shape index (κ2) is 9.89. The molecule has 0 radical (unpaired) electrons. The van der Waals surface area contributed by atoms with Crippen LogP contribution >= 0.6 is 11.8 Å². The number of piperidine rings is 1. The average molecular weight is 444 g/mol.